The number of piperidine rings is 3. The van der Waals surface area contributed by atoms with Gasteiger partial charge in [0.25, 0.3) is 0 Å². The van der Waals surface area contributed by atoms with Gasteiger partial charge in [0.1, 0.15) is 31.1 Å². The molecule has 6 atom stereocenters. The molecule has 1 amide bonds. The normalized spacial score (nSPS) is 20.8. The predicted molar refractivity (Wildman–Crippen MR) is 183 cm³/mol. The van der Waals surface area contributed by atoms with Gasteiger partial charge >= 0.3 is 18.0 Å². The van der Waals surface area contributed by atoms with Crippen LogP contribution in [0.15, 0.2) is 104 Å². The highest BCUT2D eigenvalue weighted by Crippen LogP contribution is 2.44. The quantitative estimate of drug-likeness (QED) is 0.102. The first-order valence-corrected chi connectivity index (χ1v) is 16.6. The zero-order valence-corrected chi connectivity index (χ0v) is 27.5. The Hall–Kier alpha value is -5.22. The lowest BCUT2D eigenvalue weighted by molar-refractivity contribution is -0.163. The van der Waals surface area contributed by atoms with Crippen molar-refractivity contribution in [2.45, 2.75) is 50.7 Å². The van der Waals surface area contributed by atoms with Crippen molar-refractivity contribution in [1.29, 1.82) is 0 Å². The van der Waals surface area contributed by atoms with Crippen molar-refractivity contribution in [2.75, 3.05) is 20.2 Å². The van der Waals surface area contributed by atoms with E-state index in [2.05, 4.69) is 21.8 Å². The molecule has 3 aromatic carbocycles. The number of benzene rings is 3. The SMILES string of the molecule is C=C[C@H]1CN2CC[C@H]1C[C@H]2[C@H](OC(=O)[C@H](CC(=O)OCc1ccccc1)NC(=O)OCc1ccccc1)c1ccnc2ccc(OC)cc12. The summed E-state index contributed by atoms with van der Waals surface area (Å²) in [4.78, 5) is 47.2. The molecule has 2 bridgehead atoms. The first-order valence-electron chi connectivity index (χ1n) is 16.6. The molecule has 10 heteroatoms. The Bertz CT molecular complexity index is 1710. The number of esters is 2. The number of alkyl carbamates (subject to hydrolysis) is 1. The molecule has 49 heavy (non-hydrogen) atoms. The number of amides is 1. The number of pyridine rings is 1. The number of hydrogen-bond acceptors (Lipinski definition) is 9. The highest BCUT2D eigenvalue weighted by Gasteiger charge is 2.45. The molecule has 3 aliphatic heterocycles. The summed E-state index contributed by atoms with van der Waals surface area (Å²) in [6, 6.07) is 24.3. The van der Waals surface area contributed by atoms with E-state index >= 15 is 0 Å². The van der Waals surface area contributed by atoms with Crippen LogP contribution in [-0.2, 0) is 37.0 Å². The highest BCUT2D eigenvalue weighted by atomic mass is 16.6. The number of fused-ring (bicyclic) bond motifs is 4. The molecule has 1 unspecified atom stereocenters. The Morgan fingerprint density at radius 2 is 1.69 bits per heavy atom. The van der Waals surface area contributed by atoms with Crippen LogP contribution in [-0.4, -0.2) is 60.2 Å². The molecule has 7 rings (SSSR count). The van der Waals surface area contributed by atoms with Crippen molar-refractivity contribution in [3.8, 4) is 5.75 Å². The molecule has 0 radical (unpaired) electrons. The smallest absolute Gasteiger partial charge is 0.408 e. The van der Waals surface area contributed by atoms with Crippen molar-refractivity contribution in [2.24, 2.45) is 11.8 Å². The summed E-state index contributed by atoms with van der Waals surface area (Å²) in [7, 11) is 1.60. The number of carbonyl (C=O) groups excluding carboxylic acids is 3. The second kappa shape index (κ2) is 15.8. The molecule has 10 nitrogen and oxygen atoms in total. The third kappa shape index (κ3) is 8.26. The molecule has 254 valence electrons. The van der Waals surface area contributed by atoms with E-state index in [9.17, 15) is 14.4 Å². The van der Waals surface area contributed by atoms with Crippen molar-refractivity contribution in [1.82, 2.24) is 15.2 Å². The van der Waals surface area contributed by atoms with Gasteiger partial charge in [0.2, 0.25) is 0 Å². The number of rotatable bonds is 13. The van der Waals surface area contributed by atoms with Crippen LogP contribution in [0.4, 0.5) is 4.79 Å². The topological polar surface area (TPSA) is 116 Å². The van der Waals surface area contributed by atoms with Gasteiger partial charge in [-0.1, -0.05) is 66.7 Å². The van der Waals surface area contributed by atoms with Gasteiger partial charge < -0.3 is 24.3 Å². The van der Waals surface area contributed by atoms with Crippen molar-refractivity contribution < 1.29 is 33.3 Å². The lowest BCUT2D eigenvalue weighted by atomic mass is 9.73. The first kappa shape index (κ1) is 33.7. The Labute approximate surface area is 286 Å². The average molecular weight is 664 g/mol. The minimum Gasteiger partial charge on any atom is -0.497 e. The Morgan fingerprint density at radius 3 is 2.35 bits per heavy atom. The van der Waals surface area contributed by atoms with Crippen LogP contribution in [0.3, 0.4) is 0 Å². The third-order valence-electron chi connectivity index (χ3n) is 9.44. The van der Waals surface area contributed by atoms with Crippen LogP contribution in [0.25, 0.3) is 10.9 Å². The largest absolute Gasteiger partial charge is 0.497 e. The van der Waals surface area contributed by atoms with Crippen molar-refractivity contribution >= 4 is 28.9 Å². The lowest BCUT2D eigenvalue weighted by Gasteiger charge is -2.51. The summed E-state index contributed by atoms with van der Waals surface area (Å²) in [6.45, 7) is 5.73. The molecule has 1 N–H and O–H groups in total. The fraction of sp³-hybridized carbons (Fsp3) is 0.333. The molecule has 0 aliphatic carbocycles. The minimum atomic E-state index is -1.37. The zero-order valence-electron chi connectivity index (χ0n) is 27.5. The van der Waals surface area contributed by atoms with Crippen LogP contribution >= 0.6 is 0 Å². The molecule has 0 saturated carbocycles. The van der Waals surface area contributed by atoms with Gasteiger partial charge in [0, 0.05) is 23.7 Å². The molecule has 4 aromatic rings. The molecular weight excluding hydrogens is 622 g/mol. The van der Waals surface area contributed by atoms with Crippen LogP contribution < -0.4 is 10.1 Å². The predicted octanol–water partition coefficient (Wildman–Crippen LogP) is 6.15. The summed E-state index contributed by atoms with van der Waals surface area (Å²) in [5, 5.41) is 3.37. The van der Waals surface area contributed by atoms with E-state index in [0.29, 0.717) is 17.6 Å². The third-order valence-corrected chi connectivity index (χ3v) is 9.44. The number of hydrogen-bond donors (Lipinski definition) is 1. The summed E-state index contributed by atoms with van der Waals surface area (Å²) < 4.78 is 22.9. The van der Waals surface area contributed by atoms with Gasteiger partial charge in [0.15, 0.2) is 0 Å². The maximum atomic E-state index is 14.2. The molecular formula is C39H41N3O7. The fourth-order valence-corrected chi connectivity index (χ4v) is 6.83. The fourth-order valence-electron chi connectivity index (χ4n) is 6.83. The first-order chi connectivity index (χ1) is 23.9. The summed E-state index contributed by atoms with van der Waals surface area (Å²) in [6.07, 6.45) is 3.51. The molecule has 1 aromatic heterocycles. The second-order valence-corrected chi connectivity index (χ2v) is 12.5. The van der Waals surface area contributed by atoms with Gasteiger partial charge in [-0.05, 0) is 66.6 Å². The van der Waals surface area contributed by atoms with Crippen molar-refractivity contribution in [3.05, 3.63) is 120 Å². The van der Waals surface area contributed by atoms with Gasteiger partial charge in [0.05, 0.1) is 25.1 Å². The van der Waals surface area contributed by atoms with E-state index in [-0.39, 0.29) is 19.3 Å². The Balaban J connectivity index is 1.27. The maximum Gasteiger partial charge on any atom is 0.408 e. The Morgan fingerprint density at radius 1 is 0.980 bits per heavy atom. The van der Waals surface area contributed by atoms with Gasteiger partial charge in [-0.3, -0.25) is 14.7 Å². The van der Waals surface area contributed by atoms with E-state index in [1.807, 2.05) is 91.0 Å². The molecule has 0 spiro atoms. The van der Waals surface area contributed by atoms with Crippen LogP contribution in [0, 0.1) is 11.8 Å². The lowest BCUT2D eigenvalue weighted by Crippen LogP contribution is -2.56. The number of nitrogens with zero attached hydrogens (tertiary/aromatic N) is 2. The monoisotopic (exact) mass is 663 g/mol. The summed E-state index contributed by atoms with van der Waals surface area (Å²) >= 11 is 0. The second-order valence-electron chi connectivity index (χ2n) is 12.5. The van der Waals surface area contributed by atoms with E-state index in [1.54, 1.807) is 13.3 Å². The van der Waals surface area contributed by atoms with Crippen LogP contribution in [0.1, 0.15) is 42.1 Å². The Kier molecular flexibility index (Phi) is 10.8. The molecule has 3 fully saturated rings. The van der Waals surface area contributed by atoms with Crippen LogP contribution in [0.2, 0.25) is 0 Å². The van der Waals surface area contributed by atoms with E-state index < -0.39 is 36.6 Å². The number of aromatic nitrogens is 1. The summed E-state index contributed by atoms with van der Waals surface area (Å²) in [5.74, 6) is -0.0471. The molecule has 4 heterocycles. The zero-order chi connectivity index (χ0) is 34.2. The minimum absolute atomic E-state index is 0.0107. The number of methoxy groups -OCH3 is 1. The summed E-state index contributed by atoms with van der Waals surface area (Å²) in [5.41, 5.74) is 3.06. The van der Waals surface area contributed by atoms with Crippen LogP contribution in [0.5, 0.6) is 5.75 Å². The van der Waals surface area contributed by atoms with Gasteiger partial charge in [-0.25, -0.2) is 9.59 Å². The van der Waals surface area contributed by atoms with Gasteiger partial charge in [-0.15, -0.1) is 6.58 Å². The van der Waals surface area contributed by atoms with Gasteiger partial charge in [-0.2, -0.15) is 0 Å². The number of ether oxygens (including phenoxy) is 4. The number of carbonyl (C=O) groups is 3. The highest BCUT2D eigenvalue weighted by molar-refractivity contribution is 5.87. The average Bonchev–Trinajstić information content (AvgIpc) is 3.15. The molecule has 3 aliphatic rings. The molecule has 3 saturated heterocycles. The maximum absolute atomic E-state index is 14.2. The van der Waals surface area contributed by atoms with E-state index in [1.165, 1.54) is 0 Å². The van der Waals surface area contributed by atoms with E-state index in [4.69, 9.17) is 18.9 Å². The standard InChI is InChI=1S/C39H41N3O7/c1-3-28-23-42-19-17-29(28)20-35(42)37(31-16-18-40-33-15-14-30(46-2)21-32(31)33)49-38(44)34(22-36(43)47-24-26-10-6-4-7-11-26)41-39(45)48-25-27-12-8-5-9-13-27/h3-16,18,21,28-29,34-35,37H,1,17,19-20,22-25H2,2H3,(H,41,45)/t28-,29-,34-,35-,37+/m0/s1. The van der Waals surface area contributed by atoms with Crippen molar-refractivity contribution in [3.63, 3.8) is 0 Å². The van der Waals surface area contributed by atoms with E-state index in [0.717, 1.165) is 53.5 Å². The number of nitrogens with one attached hydrogen (secondary N) is 1.